The lowest BCUT2D eigenvalue weighted by molar-refractivity contribution is -0.404. The Hall–Kier alpha value is -0.280. The molecule has 0 radical (unpaired) electrons. The van der Waals surface area contributed by atoms with Crippen LogP contribution in [0.2, 0.25) is 0 Å². The summed E-state index contributed by atoms with van der Waals surface area (Å²) in [6.45, 7) is -0.551. The molecule has 1 aliphatic rings. The van der Waals surface area contributed by atoms with Crippen molar-refractivity contribution in [2.75, 3.05) is 6.61 Å². The Kier molecular flexibility index (Phi) is 3.56. The molecule has 3 unspecified atom stereocenters. The molecule has 1 fully saturated rings. The third kappa shape index (κ3) is 1.97. The average Bonchev–Trinajstić information content (AvgIpc) is 2.15. The van der Waals surface area contributed by atoms with Gasteiger partial charge in [0.1, 0.15) is 24.4 Å². The van der Waals surface area contributed by atoms with Crippen molar-refractivity contribution < 1.29 is 35.3 Å². The first-order valence-corrected chi connectivity index (χ1v) is 3.72. The van der Waals surface area contributed by atoms with Crippen molar-refractivity contribution in [2.24, 2.45) is 0 Å². The van der Waals surface area contributed by atoms with Crippen LogP contribution in [0, 0.1) is 0 Å². The minimum atomic E-state index is -1.55. The van der Waals surface area contributed by atoms with Crippen molar-refractivity contribution in [3.63, 3.8) is 0 Å². The Balaban J connectivity index is 2.66. The Morgan fingerprint density at radius 2 is 1.69 bits per heavy atom. The monoisotopic (exact) mass is 196 g/mol. The predicted molar refractivity (Wildman–Crippen MR) is 37.5 cm³/mol. The lowest BCUT2D eigenvalue weighted by Crippen LogP contribution is -2.58. The van der Waals surface area contributed by atoms with E-state index in [4.69, 9.17) is 25.3 Å². The zero-order valence-electron chi connectivity index (χ0n) is 6.65. The molecule has 7 nitrogen and oxygen atoms in total. The maximum absolute atomic E-state index is 9.19. The molecule has 0 aromatic carbocycles. The van der Waals surface area contributed by atoms with Crippen LogP contribution in [-0.4, -0.2) is 63.0 Å². The van der Waals surface area contributed by atoms with Gasteiger partial charge in [0.2, 0.25) is 6.29 Å². The summed E-state index contributed by atoms with van der Waals surface area (Å²) in [6, 6.07) is 0. The van der Waals surface area contributed by atoms with Gasteiger partial charge in [-0.15, -0.1) is 0 Å². The molecule has 5 atom stereocenters. The van der Waals surface area contributed by atoms with E-state index in [1.165, 1.54) is 0 Å². The number of hydrogen-bond donors (Lipinski definition) is 5. The van der Waals surface area contributed by atoms with Crippen molar-refractivity contribution in [1.82, 2.24) is 0 Å². The van der Waals surface area contributed by atoms with Gasteiger partial charge in [0.15, 0.2) is 0 Å². The first-order chi connectivity index (χ1) is 6.11. The smallest absolute Gasteiger partial charge is 0.220 e. The summed E-state index contributed by atoms with van der Waals surface area (Å²) in [4.78, 5) is 3.70. The molecule has 0 bridgehead atoms. The van der Waals surface area contributed by atoms with Crippen molar-refractivity contribution >= 4 is 0 Å². The molecular formula is C6H12O7. The molecule has 1 aliphatic heterocycles. The number of aliphatic hydroxyl groups is 4. The molecule has 0 saturated carbocycles. The summed E-state index contributed by atoms with van der Waals surface area (Å²) in [6.07, 6.45) is -7.04. The van der Waals surface area contributed by atoms with Crippen molar-refractivity contribution in [3.05, 3.63) is 0 Å². The van der Waals surface area contributed by atoms with Crippen molar-refractivity contribution in [2.45, 2.75) is 30.7 Å². The first kappa shape index (κ1) is 10.8. The highest BCUT2D eigenvalue weighted by Gasteiger charge is 2.44. The maximum atomic E-state index is 9.19. The highest BCUT2D eigenvalue weighted by molar-refractivity contribution is 4.88. The average molecular weight is 196 g/mol. The molecule has 78 valence electrons. The van der Waals surface area contributed by atoms with Gasteiger partial charge in [-0.2, -0.15) is 0 Å². The second kappa shape index (κ2) is 4.29. The Morgan fingerprint density at radius 3 is 2.15 bits per heavy atom. The summed E-state index contributed by atoms with van der Waals surface area (Å²) in [5.74, 6) is 0. The fourth-order valence-corrected chi connectivity index (χ4v) is 1.15. The van der Waals surface area contributed by atoms with Crippen LogP contribution in [0.5, 0.6) is 0 Å². The van der Waals surface area contributed by atoms with Crippen LogP contribution in [0.3, 0.4) is 0 Å². The fourth-order valence-electron chi connectivity index (χ4n) is 1.15. The Labute approximate surface area is 73.7 Å². The van der Waals surface area contributed by atoms with Gasteiger partial charge in [0.05, 0.1) is 6.61 Å². The minimum absolute atomic E-state index is 0.551. The fraction of sp³-hybridized carbons (Fsp3) is 1.00. The standard InChI is InChI=1S/C6H12O7/c7-1-2-3(8)4(9)5(10)6(12-2)13-11/h2-11H,1H2/t2?,3-,4?,5?,6-/m1/s1. The number of rotatable bonds is 2. The Bertz CT molecular complexity index is 143. The summed E-state index contributed by atoms with van der Waals surface area (Å²) < 4.78 is 4.70. The molecule has 5 N–H and O–H groups in total. The molecule has 1 heterocycles. The van der Waals surface area contributed by atoms with Gasteiger partial charge >= 0.3 is 0 Å². The van der Waals surface area contributed by atoms with E-state index in [-0.39, 0.29) is 0 Å². The highest BCUT2D eigenvalue weighted by atomic mass is 17.1. The van der Waals surface area contributed by atoms with E-state index in [1.807, 2.05) is 0 Å². The zero-order chi connectivity index (χ0) is 10.0. The molecule has 0 aromatic rings. The molecule has 0 aromatic heterocycles. The van der Waals surface area contributed by atoms with E-state index in [9.17, 15) is 5.11 Å². The lowest BCUT2D eigenvalue weighted by atomic mass is 9.99. The van der Waals surface area contributed by atoms with Crippen molar-refractivity contribution in [3.8, 4) is 0 Å². The van der Waals surface area contributed by atoms with Crippen LogP contribution in [0.4, 0.5) is 0 Å². The summed E-state index contributed by atoms with van der Waals surface area (Å²) in [5.41, 5.74) is 0. The van der Waals surface area contributed by atoms with E-state index in [0.29, 0.717) is 0 Å². The van der Waals surface area contributed by atoms with Crippen molar-refractivity contribution in [1.29, 1.82) is 0 Å². The van der Waals surface area contributed by atoms with Gasteiger partial charge in [-0.1, -0.05) is 0 Å². The quantitative estimate of drug-likeness (QED) is 0.240. The van der Waals surface area contributed by atoms with E-state index in [1.54, 1.807) is 0 Å². The summed E-state index contributed by atoms with van der Waals surface area (Å²) in [5, 5.41) is 44.4. The van der Waals surface area contributed by atoms with Crippen LogP contribution in [0.15, 0.2) is 0 Å². The van der Waals surface area contributed by atoms with Gasteiger partial charge < -0.3 is 25.2 Å². The van der Waals surface area contributed by atoms with Crippen LogP contribution in [-0.2, 0) is 9.62 Å². The molecule has 1 saturated heterocycles. The first-order valence-electron chi connectivity index (χ1n) is 3.72. The molecule has 0 amide bonds. The lowest BCUT2D eigenvalue weighted by Gasteiger charge is -2.37. The van der Waals surface area contributed by atoms with Gasteiger partial charge in [0.25, 0.3) is 0 Å². The number of aliphatic hydroxyl groups excluding tert-OH is 4. The van der Waals surface area contributed by atoms with Crippen LogP contribution in [0.1, 0.15) is 0 Å². The van der Waals surface area contributed by atoms with Crippen LogP contribution >= 0.6 is 0 Å². The number of hydrogen-bond acceptors (Lipinski definition) is 7. The minimum Gasteiger partial charge on any atom is -0.394 e. The third-order valence-electron chi connectivity index (χ3n) is 1.95. The summed E-state index contributed by atoms with van der Waals surface area (Å²) >= 11 is 0. The Morgan fingerprint density at radius 1 is 1.08 bits per heavy atom. The summed E-state index contributed by atoms with van der Waals surface area (Å²) in [7, 11) is 0. The largest absolute Gasteiger partial charge is 0.394 e. The third-order valence-corrected chi connectivity index (χ3v) is 1.95. The van der Waals surface area contributed by atoms with Gasteiger partial charge in [-0.05, 0) is 0 Å². The van der Waals surface area contributed by atoms with E-state index >= 15 is 0 Å². The van der Waals surface area contributed by atoms with Gasteiger partial charge in [-0.25, -0.2) is 10.1 Å². The maximum Gasteiger partial charge on any atom is 0.220 e. The zero-order valence-corrected chi connectivity index (χ0v) is 6.65. The molecule has 7 heteroatoms. The predicted octanol–water partition coefficient (Wildman–Crippen LogP) is -2.72. The SMILES string of the molecule is OCC1O[C@H](OO)C(O)C(O)[C@@H]1O. The molecule has 1 rings (SSSR count). The second-order valence-corrected chi connectivity index (χ2v) is 2.80. The van der Waals surface area contributed by atoms with Crippen LogP contribution in [0.25, 0.3) is 0 Å². The van der Waals surface area contributed by atoms with E-state index in [2.05, 4.69) is 4.89 Å². The molecule has 0 aliphatic carbocycles. The highest BCUT2D eigenvalue weighted by Crippen LogP contribution is 2.20. The van der Waals surface area contributed by atoms with Gasteiger partial charge in [0, 0.05) is 0 Å². The molecule has 13 heavy (non-hydrogen) atoms. The van der Waals surface area contributed by atoms with Crippen LogP contribution < -0.4 is 0 Å². The topological polar surface area (TPSA) is 120 Å². The van der Waals surface area contributed by atoms with E-state index in [0.717, 1.165) is 0 Å². The molecular weight excluding hydrogens is 184 g/mol. The molecule has 0 spiro atoms. The second-order valence-electron chi connectivity index (χ2n) is 2.80. The number of ether oxygens (including phenoxy) is 1. The van der Waals surface area contributed by atoms with Gasteiger partial charge in [-0.3, -0.25) is 0 Å². The van der Waals surface area contributed by atoms with E-state index < -0.39 is 37.3 Å². The normalized spacial score (nSPS) is 46.4.